The van der Waals surface area contributed by atoms with Gasteiger partial charge < -0.3 is 40.8 Å². The van der Waals surface area contributed by atoms with E-state index < -0.39 is 11.7 Å². The van der Waals surface area contributed by atoms with Crippen LogP contribution in [-0.2, 0) is 20.9 Å². The van der Waals surface area contributed by atoms with E-state index in [9.17, 15) is 9.59 Å². The smallest absolute Gasteiger partial charge is 0.340 e. The normalized spacial score (nSPS) is 18.0. The summed E-state index contributed by atoms with van der Waals surface area (Å²) in [5.74, 6) is 0.357. The second-order valence-corrected chi connectivity index (χ2v) is 11.0. The van der Waals surface area contributed by atoms with Crippen molar-refractivity contribution in [2.75, 3.05) is 0 Å². The van der Waals surface area contributed by atoms with Crippen molar-refractivity contribution >= 4 is 23.7 Å². The van der Waals surface area contributed by atoms with Crippen molar-refractivity contribution in [2.24, 2.45) is 26.8 Å². The molecule has 13 heteroatoms. The summed E-state index contributed by atoms with van der Waals surface area (Å²) in [6.45, 7) is 0.446. The Morgan fingerprint density at radius 2 is 1.27 bits per heavy atom. The van der Waals surface area contributed by atoms with E-state index >= 15 is 0 Å². The van der Waals surface area contributed by atoms with Gasteiger partial charge in [0.1, 0.15) is 23.0 Å². The molecule has 1 aliphatic carbocycles. The number of rotatable bonds is 12. The molecule has 13 nitrogen and oxygen atoms in total. The molecule has 6 N–H and O–H groups in total. The highest BCUT2D eigenvalue weighted by atomic mass is 16.6. The Morgan fingerprint density at radius 3 is 1.75 bits per heavy atom. The van der Waals surface area contributed by atoms with Gasteiger partial charge >= 0.3 is 5.97 Å². The third-order valence-electron chi connectivity index (χ3n) is 7.68. The molecule has 246 valence electrons. The molecular weight excluding hydrogens is 618 g/mol. The number of carbonyl (C=O) groups excluding carboxylic acids is 2. The molecule has 0 radical (unpaired) electrons. The minimum absolute atomic E-state index is 0.0660. The van der Waals surface area contributed by atoms with E-state index in [2.05, 4.69) is 15.3 Å². The van der Waals surface area contributed by atoms with Gasteiger partial charge in [0.25, 0.3) is 0 Å². The molecule has 1 fully saturated rings. The van der Waals surface area contributed by atoms with Crippen molar-refractivity contribution < 1.29 is 39.0 Å². The molecule has 48 heavy (non-hydrogen) atoms. The molecule has 1 saturated carbocycles. The lowest BCUT2D eigenvalue weighted by Gasteiger charge is -2.35. The van der Waals surface area contributed by atoms with Crippen LogP contribution in [0.5, 0.6) is 23.0 Å². The van der Waals surface area contributed by atoms with Gasteiger partial charge in [0, 0.05) is 30.0 Å². The average molecular weight is 652 g/mol. The first-order valence-corrected chi connectivity index (χ1v) is 14.9. The second-order valence-electron chi connectivity index (χ2n) is 11.0. The molecule has 0 spiro atoms. The van der Waals surface area contributed by atoms with Crippen LogP contribution < -0.4 is 20.9 Å². The molecule has 0 unspecified atom stereocenters. The number of aliphatic imine (C=N–C) groups is 1. The van der Waals surface area contributed by atoms with Crippen molar-refractivity contribution in [1.29, 1.82) is 0 Å². The molecule has 4 aromatic rings. The van der Waals surface area contributed by atoms with Gasteiger partial charge in [-0.25, -0.2) is 9.59 Å². The van der Waals surface area contributed by atoms with E-state index in [4.69, 9.17) is 40.8 Å². The Bertz CT molecular complexity index is 1730. The standard InChI is InChI=1S/C35H33N5O8/c36-32(39-43)24-6-10-28(11-7-24)46-30-18-26(19-31(20-30)47-29-12-8-25(9-13-29)33(37)40-44)34(42)48-35(38-22-41)16-14-27(15-17-35)45-21-23-4-2-1-3-5-23/h1-13,18-20,27,43-44H,14-17,21H2,(H2,36,39)(H2,37,40). The van der Waals surface area contributed by atoms with E-state index in [0.717, 1.165) is 5.56 Å². The number of amidine groups is 2. The van der Waals surface area contributed by atoms with Crippen LogP contribution in [0.25, 0.3) is 0 Å². The molecule has 4 aromatic carbocycles. The van der Waals surface area contributed by atoms with Crippen LogP contribution in [0.15, 0.2) is 112 Å². The van der Waals surface area contributed by atoms with Crippen LogP contribution in [0.1, 0.15) is 52.7 Å². The zero-order valence-corrected chi connectivity index (χ0v) is 25.7. The highest BCUT2D eigenvalue weighted by molar-refractivity contribution is 5.97. The summed E-state index contributed by atoms with van der Waals surface area (Å²) in [7, 11) is 0. The zero-order valence-electron chi connectivity index (χ0n) is 25.7. The summed E-state index contributed by atoms with van der Waals surface area (Å²) in [6, 6.07) is 27.1. The summed E-state index contributed by atoms with van der Waals surface area (Å²) < 4.78 is 24.0. The third kappa shape index (κ3) is 8.55. The number of ether oxygens (including phenoxy) is 4. The predicted molar refractivity (Wildman–Crippen MR) is 174 cm³/mol. The van der Waals surface area contributed by atoms with E-state index in [1.807, 2.05) is 30.3 Å². The molecule has 0 atom stereocenters. The lowest BCUT2D eigenvalue weighted by atomic mass is 9.89. The van der Waals surface area contributed by atoms with Crippen molar-refractivity contribution in [3.05, 3.63) is 119 Å². The number of oxime groups is 2. The monoisotopic (exact) mass is 651 g/mol. The first-order valence-electron chi connectivity index (χ1n) is 14.9. The van der Waals surface area contributed by atoms with Gasteiger partial charge in [0.05, 0.1) is 18.3 Å². The van der Waals surface area contributed by atoms with Crippen molar-refractivity contribution in [3.8, 4) is 23.0 Å². The number of hydrogen-bond donors (Lipinski definition) is 4. The quantitative estimate of drug-likeness (QED) is 0.0362. The van der Waals surface area contributed by atoms with Gasteiger partial charge in [-0.05, 0) is 79.1 Å². The number of carbonyl (C=O) groups is 1. The first kappa shape index (κ1) is 33.2. The Morgan fingerprint density at radius 1 is 0.750 bits per heavy atom. The Hall–Kier alpha value is -6.17. The Kier molecular flexibility index (Phi) is 10.7. The summed E-state index contributed by atoms with van der Waals surface area (Å²) in [5, 5.41) is 23.9. The lowest BCUT2D eigenvalue weighted by molar-refractivity contribution is -0.0703. The van der Waals surface area contributed by atoms with Gasteiger partial charge in [-0.2, -0.15) is 4.99 Å². The van der Waals surface area contributed by atoms with E-state index in [-0.39, 0.29) is 47.7 Å². The largest absolute Gasteiger partial charge is 0.457 e. The molecular formula is C35H33N5O8. The van der Waals surface area contributed by atoms with Crippen LogP contribution in [0.4, 0.5) is 0 Å². The van der Waals surface area contributed by atoms with Crippen molar-refractivity contribution in [2.45, 2.75) is 44.1 Å². The molecule has 0 saturated heterocycles. The van der Waals surface area contributed by atoms with Crippen LogP contribution in [0, 0.1) is 0 Å². The Labute approximate surface area is 275 Å². The predicted octanol–water partition coefficient (Wildman–Crippen LogP) is 5.81. The fourth-order valence-corrected chi connectivity index (χ4v) is 5.13. The van der Waals surface area contributed by atoms with Gasteiger partial charge in [0.2, 0.25) is 11.8 Å². The number of isocyanates is 1. The van der Waals surface area contributed by atoms with Gasteiger partial charge in [-0.3, -0.25) is 0 Å². The number of esters is 1. The number of nitrogens with zero attached hydrogens (tertiary/aromatic N) is 3. The maximum Gasteiger partial charge on any atom is 0.340 e. The van der Waals surface area contributed by atoms with Crippen LogP contribution in [-0.4, -0.2) is 46.0 Å². The molecule has 1 aliphatic rings. The van der Waals surface area contributed by atoms with Crippen LogP contribution >= 0.6 is 0 Å². The molecule has 0 heterocycles. The number of nitrogens with two attached hydrogens (primary N) is 2. The molecule has 5 rings (SSSR count). The summed E-state index contributed by atoms with van der Waals surface area (Å²) >= 11 is 0. The molecule has 0 aromatic heterocycles. The maximum atomic E-state index is 13.6. The highest BCUT2D eigenvalue weighted by Gasteiger charge is 2.40. The minimum Gasteiger partial charge on any atom is -0.457 e. The van der Waals surface area contributed by atoms with E-state index in [1.54, 1.807) is 60.7 Å². The topological polar surface area (TPSA) is 201 Å². The molecule has 0 amide bonds. The Balaban J connectivity index is 1.36. The van der Waals surface area contributed by atoms with Gasteiger partial charge in [0.15, 0.2) is 11.7 Å². The maximum absolute atomic E-state index is 13.6. The SMILES string of the molecule is N/C(=N\O)c1ccc(Oc2cc(Oc3ccc(/C(N)=N/O)cc3)cc(C(=O)OC3(N=C=O)CCC(OCc4ccccc4)CC3)c2)cc1. The van der Waals surface area contributed by atoms with Crippen molar-refractivity contribution in [3.63, 3.8) is 0 Å². The first-order chi connectivity index (χ1) is 23.3. The number of benzene rings is 4. The van der Waals surface area contributed by atoms with Crippen molar-refractivity contribution in [1.82, 2.24) is 0 Å². The average Bonchev–Trinajstić information content (AvgIpc) is 3.12. The van der Waals surface area contributed by atoms with E-state index in [0.29, 0.717) is 42.1 Å². The lowest BCUT2D eigenvalue weighted by Crippen LogP contribution is -2.39. The van der Waals surface area contributed by atoms with Crippen LogP contribution in [0.2, 0.25) is 0 Å². The molecule has 0 bridgehead atoms. The summed E-state index contributed by atoms with van der Waals surface area (Å²) in [6.07, 6.45) is 3.06. The van der Waals surface area contributed by atoms with Crippen LogP contribution in [0.3, 0.4) is 0 Å². The summed E-state index contributed by atoms with van der Waals surface area (Å²) in [5.41, 5.74) is 12.0. The second kappa shape index (κ2) is 15.4. The fraction of sp³-hybridized carbons (Fsp3) is 0.200. The van der Waals surface area contributed by atoms with Gasteiger partial charge in [-0.15, -0.1) is 0 Å². The zero-order chi connectivity index (χ0) is 33.9. The summed E-state index contributed by atoms with van der Waals surface area (Å²) in [4.78, 5) is 29.0. The van der Waals surface area contributed by atoms with Gasteiger partial charge in [-0.1, -0.05) is 40.6 Å². The number of hydrogen-bond acceptors (Lipinski definition) is 11. The molecule has 0 aliphatic heterocycles. The highest BCUT2D eigenvalue weighted by Crippen LogP contribution is 2.37. The van der Waals surface area contributed by atoms with E-state index in [1.165, 1.54) is 12.1 Å². The minimum atomic E-state index is -1.41. The third-order valence-corrected chi connectivity index (χ3v) is 7.68. The fourth-order valence-electron chi connectivity index (χ4n) is 5.13.